The highest BCUT2D eigenvalue weighted by Gasteiger charge is 2.41. The molecular formula is C15H29NO. The van der Waals surface area contributed by atoms with Crippen LogP contribution in [-0.2, 0) is 4.79 Å². The van der Waals surface area contributed by atoms with Gasteiger partial charge in [0, 0.05) is 13.5 Å². The average molecular weight is 239 g/mol. The molecule has 1 fully saturated rings. The van der Waals surface area contributed by atoms with Crippen LogP contribution in [0.1, 0.15) is 72.6 Å². The first kappa shape index (κ1) is 14.5. The van der Waals surface area contributed by atoms with E-state index in [0.29, 0.717) is 10.8 Å². The zero-order chi connectivity index (χ0) is 12.9. The van der Waals surface area contributed by atoms with Crippen molar-refractivity contribution in [3.8, 4) is 0 Å². The van der Waals surface area contributed by atoms with Crippen molar-refractivity contribution in [2.75, 3.05) is 6.54 Å². The summed E-state index contributed by atoms with van der Waals surface area (Å²) >= 11 is 0. The molecule has 1 saturated carbocycles. The molecule has 0 atom stereocenters. The van der Waals surface area contributed by atoms with E-state index < -0.39 is 0 Å². The second kappa shape index (κ2) is 5.88. The van der Waals surface area contributed by atoms with E-state index in [1.54, 1.807) is 6.92 Å². The van der Waals surface area contributed by atoms with E-state index in [0.717, 1.165) is 13.0 Å². The highest BCUT2D eigenvalue weighted by molar-refractivity contribution is 5.72. The highest BCUT2D eigenvalue weighted by Crippen LogP contribution is 2.52. The topological polar surface area (TPSA) is 29.1 Å². The zero-order valence-electron chi connectivity index (χ0n) is 12.1. The molecule has 0 spiro atoms. The molecule has 1 rings (SSSR count). The summed E-state index contributed by atoms with van der Waals surface area (Å²) in [6, 6.07) is 0. The van der Waals surface area contributed by atoms with Gasteiger partial charge >= 0.3 is 0 Å². The summed E-state index contributed by atoms with van der Waals surface area (Å²) in [7, 11) is 0. The van der Waals surface area contributed by atoms with Crippen LogP contribution in [0, 0.1) is 10.8 Å². The number of carbonyl (C=O) groups is 1. The van der Waals surface area contributed by atoms with E-state index in [1.807, 2.05) is 0 Å². The van der Waals surface area contributed by atoms with Crippen molar-refractivity contribution >= 4 is 5.91 Å². The lowest BCUT2D eigenvalue weighted by Gasteiger charge is -2.48. The summed E-state index contributed by atoms with van der Waals surface area (Å²) in [5.74, 6) is 0.0958. The monoisotopic (exact) mass is 239 g/mol. The second-order valence-corrected chi connectivity index (χ2v) is 6.68. The Morgan fingerprint density at radius 2 is 1.76 bits per heavy atom. The van der Waals surface area contributed by atoms with Crippen molar-refractivity contribution in [1.29, 1.82) is 0 Å². The van der Waals surface area contributed by atoms with Crippen molar-refractivity contribution < 1.29 is 4.79 Å². The molecule has 2 nitrogen and oxygen atoms in total. The van der Waals surface area contributed by atoms with E-state index in [-0.39, 0.29) is 5.91 Å². The highest BCUT2D eigenvalue weighted by atomic mass is 16.1. The van der Waals surface area contributed by atoms with Crippen LogP contribution in [0.5, 0.6) is 0 Å². The molecule has 1 aliphatic carbocycles. The van der Waals surface area contributed by atoms with Crippen LogP contribution in [0.25, 0.3) is 0 Å². The Hall–Kier alpha value is -0.530. The first-order valence-corrected chi connectivity index (χ1v) is 7.12. The zero-order valence-corrected chi connectivity index (χ0v) is 12.1. The number of amides is 1. The van der Waals surface area contributed by atoms with Crippen molar-refractivity contribution in [3.05, 3.63) is 0 Å². The van der Waals surface area contributed by atoms with Gasteiger partial charge in [-0.25, -0.2) is 0 Å². The Bertz CT molecular complexity index is 246. The quantitative estimate of drug-likeness (QED) is 0.741. The van der Waals surface area contributed by atoms with Crippen LogP contribution in [0.3, 0.4) is 0 Å². The van der Waals surface area contributed by atoms with Gasteiger partial charge < -0.3 is 5.32 Å². The third-order valence-electron chi connectivity index (χ3n) is 4.61. The van der Waals surface area contributed by atoms with E-state index >= 15 is 0 Å². The summed E-state index contributed by atoms with van der Waals surface area (Å²) in [6.45, 7) is 9.59. The van der Waals surface area contributed by atoms with Gasteiger partial charge in [-0.1, -0.05) is 40.0 Å². The molecule has 1 N–H and O–H groups in total. The van der Waals surface area contributed by atoms with Gasteiger partial charge in [0.05, 0.1) is 0 Å². The number of nitrogens with one attached hydrogen (secondary N) is 1. The summed E-state index contributed by atoms with van der Waals surface area (Å²) in [4.78, 5) is 10.9. The molecule has 1 amide bonds. The third-order valence-corrected chi connectivity index (χ3v) is 4.61. The largest absolute Gasteiger partial charge is 0.356 e. The van der Waals surface area contributed by atoms with E-state index in [2.05, 4.69) is 26.1 Å². The van der Waals surface area contributed by atoms with Gasteiger partial charge in [-0.15, -0.1) is 0 Å². The Kier molecular flexibility index (Phi) is 5.03. The van der Waals surface area contributed by atoms with Crippen molar-refractivity contribution in [3.63, 3.8) is 0 Å². The lowest BCUT2D eigenvalue weighted by molar-refractivity contribution is -0.119. The van der Waals surface area contributed by atoms with E-state index in [4.69, 9.17) is 0 Å². The van der Waals surface area contributed by atoms with Gasteiger partial charge in [-0.05, 0) is 36.5 Å². The van der Waals surface area contributed by atoms with Crippen LogP contribution in [0.4, 0.5) is 0 Å². The smallest absolute Gasteiger partial charge is 0.216 e. The molecule has 0 heterocycles. The molecule has 0 bridgehead atoms. The Labute approximate surface area is 107 Å². The Morgan fingerprint density at radius 3 is 2.24 bits per heavy atom. The number of rotatable bonds is 4. The van der Waals surface area contributed by atoms with Gasteiger partial charge in [-0.3, -0.25) is 4.79 Å². The van der Waals surface area contributed by atoms with Gasteiger partial charge in [0.15, 0.2) is 0 Å². The molecule has 0 saturated heterocycles. The van der Waals surface area contributed by atoms with Crippen LogP contribution < -0.4 is 5.32 Å². The molecule has 0 aromatic rings. The standard InChI is InChI=1S/C15H29NO/c1-13(17)16-12-8-11-15(14(2,3)4)9-6-5-7-10-15/h5-12H2,1-4H3,(H,16,17). The van der Waals surface area contributed by atoms with Crippen LogP contribution in [0.15, 0.2) is 0 Å². The van der Waals surface area contributed by atoms with E-state index in [1.165, 1.54) is 38.5 Å². The molecule has 0 aromatic carbocycles. The van der Waals surface area contributed by atoms with Crippen molar-refractivity contribution in [1.82, 2.24) is 5.32 Å². The molecule has 1 aliphatic rings. The lowest BCUT2D eigenvalue weighted by Crippen LogP contribution is -2.38. The molecule has 100 valence electrons. The minimum absolute atomic E-state index is 0.0958. The molecule has 0 unspecified atom stereocenters. The predicted molar refractivity (Wildman–Crippen MR) is 72.9 cm³/mol. The molecule has 17 heavy (non-hydrogen) atoms. The summed E-state index contributed by atoms with van der Waals surface area (Å²) in [5, 5.41) is 2.91. The fraction of sp³-hybridized carbons (Fsp3) is 0.933. The van der Waals surface area contributed by atoms with Gasteiger partial charge in [-0.2, -0.15) is 0 Å². The lowest BCUT2D eigenvalue weighted by atomic mass is 9.57. The summed E-state index contributed by atoms with van der Waals surface area (Å²) in [6.07, 6.45) is 9.30. The second-order valence-electron chi connectivity index (χ2n) is 6.68. The van der Waals surface area contributed by atoms with Crippen LogP contribution in [-0.4, -0.2) is 12.5 Å². The molecule has 0 radical (unpaired) electrons. The number of hydrogen-bond acceptors (Lipinski definition) is 1. The molecule has 0 aromatic heterocycles. The van der Waals surface area contributed by atoms with Crippen LogP contribution in [0.2, 0.25) is 0 Å². The van der Waals surface area contributed by atoms with Gasteiger partial charge in [0.25, 0.3) is 0 Å². The molecule has 0 aliphatic heterocycles. The maximum atomic E-state index is 10.9. The first-order valence-electron chi connectivity index (χ1n) is 7.12. The van der Waals surface area contributed by atoms with E-state index in [9.17, 15) is 4.79 Å². The molecule has 2 heteroatoms. The maximum Gasteiger partial charge on any atom is 0.216 e. The maximum absolute atomic E-state index is 10.9. The van der Waals surface area contributed by atoms with Gasteiger partial charge in [0.2, 0.25) is 5.91 Å². The first-order chi connectivity index (χ1) is 7.87. The minimum atomic E-state index is 0.0958. The minimum Gasteiger partial charge on any atom is -0.356 e. The number of carbonyl (C=O) groups excluding carboxylic acids is 1. The fourth-order valence-electron chi connectivity index (χ4n) is 3.29. The SMILES string of the molecule is CC(=O)NCCCC1(C(C)(C)C)CCCCC1. The predicted octanol–water partition coefficient (Wildman–Crippen LogP) is 3.90. The average Bonchev–Trinajstić information content (AvgIpc) is 2.24. The Morgan fingerprint density at radius 1 is 1.18 bits per heavy atom. The number of hydrogen-bond donors (Lipinski definition) is 1. The summed E-state index contributed by atoms with van der Waals surface area (Å²) < 4.78 is 0. The Balaban J connectivity index is 2.50. The van der Waals surface area contributed by atoms with Crippen LogP contribution >= 0.6 is 0 Å². The summed E-state index contributed by atoms with van der Waals surface area (Å²) in [5.41, 5.74) is 0.896. The normalized spacial score (nSPS) is 20.0. The molecular weight excluding hydrogens is 210 g/mol. The van der Waals surface area contributed by atoms with Crippen molar-refractivity contribution in [2.45, 2.75) is 72.6 Å². The third kappa shape index (κ3) is 4.01. The fourth-order valence-corrected chi connectivity index (χ4v) is 3.29. The van der Waals surface area contributed by atoms with Crippen molar-refractivity contribution in [2.24, 2.45) is 10.8 Å². The van der Waals surface area contributed by atoms with Gasteiger partial charge in [0.1, 0.15) is 0 Å².